The Kier molecular flexibility index (Phi) is 6.77. The van der Waals surface area contributed by atoms with Crippen LogP contribution in [-0.4, -0.2) is 41.8 Å². The number of nitrogens with two attached hydrogens (primary N) is 1. The van der Waals surface area contributed by atoms with Gasteiger partial charge in [-0.3, -0.25) is 14.6 Å². The molecule has 190 valence electrons. The molecule has 1 aromatic carbocycles. The zero-order valence-corrected chi connectivity index (χ0v) is 18.6. The molecule has 3 N–H and O–H groups in total. The lowest BCUT2D eigenvalue weighted by Gasteiger charge is -2.32. The van der Waals surface area contributed by atoms with E-state index in [9.17, 15) is 35.9 Å². The molecule has 35 heavy (non-hydrogen) atoms. The molecule has 1 aliphatic heterocycles. The predicted octanol–water partition coefficient (Wildman–Crippen LogP) is 4.29. The highest BCUT2D eigenvalue weighted by Crippen LogP contribution is 2.55. The average molecular weight is 505 g/mol. The van der Waals surface area contributed by atoms with Crippen LogP contribution >= 0.6 is 0 Å². The molecule has 1 unspecified atom stereocenters. The van der Waals surface area contributed by atoms with Crippen LogP contribution in [0.15, 0.2) is 36.5 Å². The molecule has 1 aliphatic rings. The highest BCUT2D eigenvalue weighted by Gasteiger charge is 2.66. The SMILES string of the molecule is COc1c([C@@H]2[C@H](C(=O)Nc3ccnc(C(N)=O)c3)OC(C)(C(F)(F)F)[C@H]2C)cccc1C(F)(F)F. The van der Waals surface area contributed by atoms with Crippen LogP contribution in [0.2, 0.25) is 0 Å². The van der Waals surface area contributed by atoms with E-state index < -0.39 is 59.0 Å². The number of hydrogen-bond acceptors (Lipinski definition) is 5. The van der Waals surface area contributed by atoms with Crippen molar-refractivity contribution in [2.75, 3.05) is 12.4 Å². The number of rotatable bonds is 5. The van der Waals surface area contributed by atoms with Gasteiger partial charge in [0.05, 0.1) is 12.7 Å². The number of nitrogens with zero attached hydrogens (tertiary/aromatic N) is 1. The summed E-state index contributed by atoms with van der Waals surface area (Å²) in [4.78, 5) is 28.2. The molecule has 2 aromatic rings. The average Bonchev–Trinajstić information content (AvgIpc) is 3.04. The Morgan fingerprint density at radius 2 is 1.83 bits per heavy atom. The first-order chi connectivity index (χ1) is 16.1. The summed E-state index contributed by atoms with van der Waals surface area (Å²) in [6.07, 6.45) is -10.5. The minimum absolute atomic E-state index is 0.0228. The van der Waals surface area contributed by atoms with Gasteiger partial charge in [-0.15, -0.1) is 0 Å². The third kappa shape index (κ3) is 4.77. The Morgan fingerprint density at radius 1 is 1.17 bits per heavy atom. The summed E-state index contributed by atoms with van der Waals surface area (Å²) < 4.78 is 93.0. The van der Waals surface area contributed by atoms with Crippen molar-refractivity contribution in [3.63, 3.8) is 0 Å². The van der Waals surface area contributed by atoms with E-state index >= 15 is 0 Å². The van der Waals surface area contributed by atoms with Crippen LogP contribution in [0.1, 0.15) is 41.4 Å². The summed E-state index contributed by atoms with van der Waals surface area (Å²) in [6, 6.07) is 5.27. The quantitative estimate of drug-likeness (QED) is 0.591. The third-order valence-electron chi connectivity index (χ3n) is 6.12. The first-order valence-corrected chi connectivity index (χ1v) is 10.2. The summed E-state index contributed by atoms with van der Waals surface area (Å²) in [5.74, 6) is -5.66. The Labute approximate surface area is 195 Å². The van der Waals surface area contributed by atoms with Crippen molar-refractivity contribution in [1.82, 2.24) is 4.98 Å². The van der Waals surface area contributed by atoms with Gasteiger partial charge in [0.2, 0.25) is 0 Å². The van der Waals surface area contributed by atoms with Gasteiger partial charge in [-0.2, -0.15) is 26.3 Å². The molecular weight excluding hydrogens is 484 g/mol. The number of hydrogen-bond donors (Lipinski definition) is 2. The number of ether oxygens (including phenoxy) is 2. The molecule has 0 aliphatic carbocycles. The molecule has 0 saturated carbocycles. The lowest BCUT2D eigenvalue weighted by Crippen LogP contribution is -2.47. The van der Waals surface area contributed by atoms with Crippen molar-refractivity contribution in [3.8, 4) is 5.75 Å². The molecule has 4 atom stereocenters. The lowest BCUT2D eigenvalue weighted by atomic mass is 9.76. The van der Waals surface area contributed by atoms with Crippen LogP contribution in [0, 0.1) is 5.92 Å². The molecule has 13 heteroatoms. The summed E-state index contributed by atoms with van der Waals surface area (Å²) in [5, 5.41) is 2.33. The Hall–Kier alpha value is -3.35. The minimum atomic E-state index is -4.95. The molecule has 0 radical (unpaired) electrons. The number of alkyl halides is 6. The molecule has 2 amide bonds. The molecule has 3 rings (SSSR count). The fourth-order valence-electron chi connectivity index (χ4n) is 4.15. The number of pyridine rings is 1. The van der Waals surface area contributed by atoms with Crippen LogP contribution in [0.4, 0.5) is 32.0 Å². The number of methoxy groups -OCH3 is 1. The normalized spacial score (nSPS) is 24.8. The maximum atomic E-state index is 14.0. The number of primary amides is 1. The maximum absolute atomic E-state index is 14.0. The number of nitrogens with one attached hydrogen (secondary N) is 1. The number of halogens is 6. The topological polar surface area (TPSA) is 104 Å². The summed E-state index contributed by atoms with van der Waals surface area (Å²) >= 11 is 0. The largest absolute Gasteiger partial charge is 0.496 e. The van der Waals surface area contributed by atoms with Crippen LogP contribution in [0.5, 0.6) is 5.75 Å². The van der Waals surface area contributed by atoms with Crippen molar-refractivity contribution in [2.45, 2.75) is 43.8 Å². The van der Waals surface area contributed by atoms with E-state index in [0.717, 1.165) is 45.4 Å². The molecule has 0 spiro atoms. The van der Waals surface area contributed by atoms with Gasteiger partial charge in [-0.1, -0.05) is 19.1 Å². The van der Waals surface area contributed by atoms with Crippen LogP contribution < -0.4 is 15.8 Å². The number of benzene rings is 1. The number of carbonyl (C=O) groups excluding carboxylic acids is 2. The number of anilines is 1. The molecule has 1 saturated heterocycles. The van der Waals surface area contributed by atoms with Crippen molar-refractivity contribution >= 4 is 17.5 Å². The minimum Gasteiger partial charge on any atom is -0.496 e. The first-order valence-electron chi connectivity index (χ1n) is 10.2. The Bertz CT molecular complexity index is 1140. The van der Waals surface area contributed by atoms with Crippen molar-refractivity contribution in [1.29, 1.82) is 0 Å². The van der Waals surface area contributed by atoms with Gasteiger partial charge >= 0.3 is 12.4 Å². The van der Waals surface area contributed by atoms with Crippen molar-refractivity contribution in [3.05, 3.63) is 53.3 Å². The summed E-state index contributed by atoms with van der Waals surface area (Å²) in [5.41, 5.74) is 0.564. The predicted molar refractivity (Wildman–Crippen MR) is 111 cm³/mol. The highest BCUT2D eigenvalue weighted by molar-refractivity contribution is 5.97. The van der Waals surface area contributed by atoms with Crippen LogP contribution in [0.25, 0.3) is 0 Å². The molecule has 7 nitrogen and oxygen atoms in total. The zero-order chi connectivity index (χ0) is 26.3. The fourth-order valence-corrected chi connectivity index (χ4v) is 4.15. The number of para-hydroxylation sites is 1. The van der Waals surface area contributed by atoms with E-state index in [1.54, 1.807) is 0 Å². The molecule has 0 bridgehead atoms. The van der Waals surface area contributed by atoms with Crippen molar-refractivity contribution < 1.29 is 45.4 Å². The van der Waals surface area contributed by atoms with E-state index in [-0.39, 0.29) is 16.9 Å². The second kappa shape index (κ2) is 9.02. The van der Waals surface area contributed by atoms with E-state index in [1.165, 1.54) is 12.1 Å². The van der Waals surface area contributed by atoms with Gasteiger partial charge in [-0.25, -0.2) is 0 Å². The van der Waals surface area contributed by atoms with Gasteiger partial charge in [0.25, 0.3) is 11.8 Å². The number of amides is 2. The fraction of sp³-hybridized carbons (Fsp3) is 0.409. The van der Waals surface area contributed by atoms with Gasteiger partial charge in [0.15, 0.2) is 5.60 Å². The van der Waals surface area contributed by atoms with Crippen LogP contribution in [0.3, 0.4) is 0 Å². The van der Waals surface area contributed by atoms with E-state index in [0.29, 0.717) is 0 Å². The molecule has 2 heterocycles. The third-order valence-corrected chi connectivity index (χ3v) is 6.12. The number of carbonyl (C=O) groups is 2. The maximum Gasteiger partial charge on any atom is 0.419 e. The zero-order valence-electron chi connectivity index (χ0n) is 18.6. The molecule has 1 fully saturated rings. The van der Waals surface area contributed by atoms with E-state index in [4.69, 9.17) is 15.2 Å². The standard InChI is InChI=1S/C22H21F6N3O4/c1-10-15(12-5-4-6-13(16(12)34-3)21(23,24)25)17(35-20(10,2)22(26,27)28)19(33)31-11-7-8-30-14(9-11)18(29)32/h4-10,15,17H,1-3H3,(H2,29,32)(H,30,31,33)/t10-,15+,17+,20?/m0/s1. The van der Waals surface area contributed by atoms with Crippen LogP contribution in [-0.2, 0) is 15.7 Å². The van der Waals surface area contributed by atoms with Gasteiger partial charge in [-0.05, 0) is 25.1 Å². The number of aromatic nitrogens is 1. The van der Waals surface area contributed by atoms with E-state index in [1.807, 2.05) is 0 Å². The smallest absolute Gasteiger partial charge is 0.419 e. The Morgan fingerprint density at radius 3 is 2.37 bits per heavy atom. The van der Waals surface area contributed by atoms with Gasteiger partial charge in [0, 0.05) is 29.3 Å². The van der Waals surface area contributed by atoms with Crippen molar-refractivity contribution in [2.24, 2.45) is 11.7 Å². The molecular formula is C22H21F6N3O4. The summed E-state index contributed by atoms with van der Waals surface area (Å²) in [7, 11) is 0.953. The second-order valence-corrected chi connectivity index (χ2v) is 8.17. The van der Waals surface area contributed by atoms with E-state index in [2.05, 4.69) is 10.3 Å². The summed E-state index contributed by atoms with van der Waals surface area (Å²) in [6.45, 7) is 1.87. The van der Waals surface area contributed by atoms with Gasteiger partial charge in [0.1, 0.15) is 17.5 Å². The molecule has 1 aromatic heterocycles. The monoisotopic (exact) mass is 505 g/mol. The first kappa shape index (κ1) is 26.3. The lowest BCUT2D eigenvalue weighted by molar-refractivity contribution is -0.272. The highest BCUT2D eigenvalue weighted by atomic mass is 19.4. The van der Waals surface area contributed by atoms with Gasteiger partial charge < -0.3 is 20.5 Å². The Balaban J connectivity index is 2.11. The second-order valence-electron chi connectivity index (χ2n) is 8.17.